The van der Waals surface area contributed by atoms with Gasteiger partial charge in [0.2, 0.25) is 0 Å². The Labute approximate surface area is 83.3 Å². The summed E-state index contributed by atoms with van der Waals surface area (Å²) in [4.78, 5) is 0. The molecule has 0 heterocycles. The Morgan fingerprint density at radius 1 is 0.857 bits per heavy atom. The van der Waals surface area contributed by atoms with Crippen LogP contribution in [0.15, 0.2) is 49.1 Å². The molecule has 0 aliphatic heterocycles. The van der Waals surface area contributed by atoms with Crippen LogP contribution in [0.2, 0.25) is 0 Å². The highest BCUT2D eigenvalue weighted by Crippen LogP contribution is 2.14. The molecule has 0 radical (unpaired) electrons. The van der Waals surface area contributed by atoms with Crippen molar-refractivity contribution in [2.75, 3.05) is 10.6 Å². The molecule has 1 aromatic carbocycles. The Balaban J connectivity index is 2.68. The standard InChI is InChI=1S/C10H14N4/c1-7(11)13-9-3-5-10(6-4-9)14-8(2)12/h3-6,13-14H,1-2,11-12H2. The third-order valence-electron chi connectivity index (χ3n) is 1.49. The summed E-state index contributed by atoms with van der Waals surface area (Å²) < 4.78 is 0. The van der Waals surface area contributed by atoms with E-state index in [9.17, 15) is 0 Å². The minimum Gasteiger partial charge on any atom is -0.386 e. The summed E-state index contributed by atoms with van der Waals surface area (Å²) in [6.45, 7) is 7.08. The number of rotatable bonds is 4. The Kier molecular flexibility index (Phi) is 3.01. The number of benzene rings is 1. The molecule has 0 aliphatic rings. The predicted molar refractivity (Wildman–Crippen MR) is 60.3 cm³/mol. The molecular weight excluding hydrogens is 176 g/mol. The number of nitrogens with two attached hydrogens (primary N) is 2. The van der Waals surface area contributed by atoms with E-state index < -0.39 is 0 Å². The van der Waals surface area contributed by atoms with E-state index in [1.807, 2.05) is 24.3 Å². The van der Waals surface area contributed by atoms with Crippen LogP contribution < -0.4 is 22.1 Å². The Bertz CT molecular complexity index is 305. The minimum atomic E-state index is 0.411. The number of hydrogen-bond acceptors (Lipinski definition) is 4. The van der Waals surface area contributed by atoms with E-state index >= 15 is 0 Å². The fourth-order valence-electron chi connectivity index (χ4n) is 1.01. The Hall–Kier alpha value is -2.10. The molecule has 1 rings (SSSR count). The van der Waals surface area contributed by atoms with Gasteiger partial charge in [0.1, 0.15) is 0 Å². The van der Waals surface area contributed by atoms with Gasteiger partial charge in [-0.3, -0.25) is 0 Å². The van der Waals surface area contributed by atoms with Crippen molar-refractivity contribution in [2.24, 2.45) is 11.5 Å². The maximum atomic E-state index is 5.39. The molecule has 0 saturated carbocycles. The quantitative estimate of drug-likeness (QED) is 0.578. The van der Waals surface area contributed by atoms with E-state index in [4.69, 9.17) is 11.5 Å². The van der Waals surface area contributed by atoms with Gasteiger partial charge in [-0.15, -0.1) is 0 Å². The van der Waals surface area contributed by atoms with Gasteiger partial charge < -0.3 is 22.1 Å². The molecule has 0 amide bonds. The predicted octanol–water partition coefficient (Wildman–Crippen LogP) is 1.37. The summed E-state index contributed by atoms with van der Waals surface area (Å²) in [5.41, 5.74) is 12.5. The molecule has 14 heavy (non-hydrogen) atoms. The summed E-state index contributed by atoms with van der Waals surface area (Å²) in [7, 11) is 0. The first kappa shape index (κ1) is 9.98. The van der Waals surface area contributed by atoms with Crippen molar-refractivity contribution < 1.29 is 0 Å². The summed E-state index contributed by atoms with van der Waals surface area (Å²) in [6.07, 6.45) is 0. The van der Waals surface area contributed by atoms with Crippen LogP contribution in [0.25, 0.3) is 0 Å². The second kappa shape index (κ2) is 4.23. The third kappa shape index (κ3) is 3.10. The minimum absolute atomic E-state index is 0.411. The smallest absolute Gasteiger partial charge is 0.0930 e. The zero-order valence-electron chi connectivity index (χ0n) is 7.88. The normalized spacial score (nSPS) is 9.14. The van der Waals surface area contributed by atoms with Crippen LogP contribution in [-0.4, -0.2) is 0 Å². The SMILES string of the molecule is C=C(N)Nc1ccc(NC(=C)N)cc1. The van der Waals surface area contributed by atoms with Crippen LogP contribution in [0, 0.1) is 0 Å². The van der Waals surface area contributed by atoms with Gasteiger partial charge in [0.05, 0.1) is 11.6 Å². The van der Waals surface area contributed by atoms with Gasteiger partial charge >= 0.3 is 0 Å². The van der Waals surface area contributed by atoms with Gasteiger partial charge in [-0.2, -0.15) is 0 Å². The van der Waals surface area contributed by atoms with Crippen molar-refractivity contribution in [3.8, 4) is 0 Å². The number of nitrogens with one attached hydrogen (secondary N) is 2. The molecular formula is C10H14N4. The molecule has 0 aromatic heterocycles. The zero-order chi connectivity index (χ0) is 10.6. The monoisotopic (exact) mass is 190 g/mol. The summed E-state index contributed by atoms with van der Waals surface area (Å²) in [6, 6.07) is 7.46. The molecule has 4 heteroatoms. The van der Waals surface area contributed by atoms with Crippen molar-refractivity contribution >= 4 is 11.4 Å². The molecule has 0 aliphatic carbocycles. The van der Waals surface area contributed by atoms with Gasteiger partial charge in [0, 0.05) is 11.4 Å². The maximum absolute atomic E-state index is 5.39. The van der Waals surface area contributed by atoms with E-state index in [1.165, 1.54) is 0 Å². The molecule has 0 bridgehead atoms. The molecule has 0 unspecified atom stereocenters. The molecule has 0 atom stereocenters. The van der Waals surface area contributed by atoms with E-state index in [1.54, 1.807) is 0 Å². The van der Waals surface area contributed by atoms with E-state index in [2.05, 4.69) is 23.8 Å². The van der Waals surface area contributed by atoms with Gasteiger partial charge in [-0.25, -0.2) is 0 Å². The molecule has 0 fully saturated rings. The number of hydrogen-bond donors (Lipinski definition) is 4. The molecule has 4 nitrogen and oxygen atoms in total. The van der Waals surface area contributed by atoms with Crippen LogP contribution in [-0.2, 0) is 0 Å². The first-order valence-electron chi connectivity index (χ1n) is 4.11. The van der Waals surface area contributed by atoms with Crippen LogP contribution in [0.3, 0.4) is 0 Å². The van der Waals surface area contributed by atoms with E-state index in [0.717, 1.165) is 11.4 Å². The summed E-state index contributed by atoms with van der Waals surface area (Å²) >= 11 is 0. The lowest BCUT2D eigenvalue weighted by Gasteiger charge is -2.07. The second-order valence-corrected chi connectivity index (χ2v) is 2.88. The van der Waals surface area contributed by atoms with Crippen LogP contribution >= 0.6 is 0 Å². The van der Waals surface area contributed by atoms with Gasteiger partial charge in [-0.05, 0) is 24.3 Å². The van der Waals surface area contributed by atoms with Gasteiger partial charge in [0.25, 0.3) is 0 Å². The zero-order valence-corrected chi connectivity index (χ0v) is 7.88. The van der Waals surface area contributed by atoms with Gasteiger partial charge in [-0.1, -0.05) is 13.2 Å². The summed E-state index contributed by atoms with van der Waals surface area (Å²) in [5, 5.41) is 5.77. The molecule has 1 aromatic rings. The highest BCUT2D eigenvalue weighted by molar-refractivity contribution is 5.56. The van der Waals surface area contributed by atoms with Crippen molar-refractivity contribution in [2.45, 2.75) is 0 Å². The van der Waals surface area contributed by atoms with Crippen LogP contribution in [0.5, 0.6) is 0 Å². The van der Waals surface area contributed by atoms with Crippen molar-refractivity contribution in [1.82, 2.24) is 0 Å². The topological polar surface area (TPSA) is 76.1 Å². The maximum Gasteiger partial charge on any atom is 0.0930 e. The van der Waals surface area contributed by atoms with Crippen molar-refractivity contribution in [3.05, 3.63) is 49.1 Å². The average Bonchev–Trinajstić information content (AvgIpc) is 2.06. The van der Waals surface area contributed by atoms with Crippen molar-refractivity contribution in [3.63, 3.8) is 0 Å². The number of anilines is 2. The molecule has 0 spiro atoms. The van der Waals surface area contributed by atoms with Crippen LogP contribution in [0.4, 0.5) is 11.4 Å². The van der Waals surface area contributed by atoms with E-state index in [0.29, 0.717) is 11.6 Å². The highest BCUT2D eigenvalue weighted by atomic mass is 15.0. The fraction of sp³-hybridized carbons (Fsp3) is 0. The Morgan fingerprint density at radius 3 is 1.36 bits per heavy atom. The van der Waals surface area contributed by atoms with Crippen LogP contribution in [0.1, 0.15) is 0 Å². The average molecular weight is 190 g/mol. The lowest BCUT2D eigenvalue weighted by molar-refractivity contribution is 1.31. The largest absolute Gasteiger partial charge is 0.386 e. The summed E-state index contributed by atoms with van der Waals surface area (Å²) in [5.74, 6) is 0.822. The first-order chi connectivity index (χ1) is 6.58. The van der Waals surface area contributed by atoms with E-state index in [-0.39, 0.29) is 0 Å². The molecule has 0 saturated heterocycles. The highest BCUT2D eigenvalue weighted by Gasteiger charge is 1.93. The molecule has 74 valence electrons. The van der Waals surface area contributed by atoms with Crippen molar-refractivity contribution in [1.29, 1.82) is 0 Å². The lowest BCUT2D eigenvalue weighted by atomic mass is 10.3. The first-order valence-corrected chi connectivity index (χ1v) is 4.11. The lowest BCUT2D eigenvalue weighted by Crippen LogP contribution is -2.08. The fourth-order valence-corrected chi connectivity index (χ4v) is 1.01. The van der Waals surface area contributed by atoms with Gasteiger partial charge in [0.15, 0.2) is 0 Å². The third-order valence-corrected chi connectivity index (χ3v) is 1.49. The molecule has 6 N–H and O–H groups in total. The Morgan fingerprint density at radius 2 is 1.14 bits per heavy atom. The second-order valence-electron chi connectivity index (χ2n) is 2.88.